The number of para-hydroxylation sites is 2. The Morgan fingerprint density at radius 2 is 2.18 bits per heavy atom. The molecular weight excluding hydrogens is 158 g/mol. The molecule has 0 spiro atoms. The number of hydrogen-bond donors (Lipinski definition) is 1. The standard InChI is InChI=1S/C8H7NOS/c11-5-8-9-6-3-1-2-4-7(6)10-8/h1-4,11H,5H2. The number of benzene rings is 1. The lowest BCUT2D eigenvalue weighted by Gasteiger charge is -1.80. The molecule has 1 heterocycles. The Balaban J connectivity index is 2.69. The first-order chi connectivity index (χ1) is 5.40. The lowest BCUT2D eigenvalue weighted by atomic mass is 10.3. The van der Waals surface area contributed by atoms with E-state index in [0.29, 0.717) is 11.6 Å². The zero-order valence-electron chi connectivity index (χ0n) is 5.82. The van der Waals surface area contributed by atoms with Crippen LogP contribution in [0.15, 0.2) is 28.7 Å². The van der Waals surface area contributed by atoms with E-state index in [1.165, 1.54) is 0 Å². The first-order valence-corrected chi connectivity index (χ1v) is 3.99. The highest BCUT2D eigenvalue weighted by molar-refractivity contribution is 7.79. The number of thiol groups is 1. The maximum Gasteiger partial charge on any atom is 0.205 e. The molecule has 2 rings (SSSR count). The molecule has 3 heteroatoms. The number of fused-ring (bicyclic) bond motifs is 1. The monoisotopic (exact) mass is 165 g/mol. The van der Waals surface area contributed by atoms with Gasteiger partial charge in [0.25, 0.3) is 0 Å². The van der Waals surface area contributed by atoms with Crippen molar-refractivity contribution in [2.24, 2.45) is 0 Å². The summed E-state index contributed by atoms with van der Waals surface area (Å²) in [5, 5.41) is 0. The molecule has 0 fully saturated rings. The highest BCUT2D eigenvalue weighted by Gasteiger charge is 2.00. The van der Waals surface area contributed by atoms with E-state index >= 15 is 0 Å². The summed E-state index contributed by atoms with van der Waals surface area (Å²) < 4.78 is 5.33. The number of oxazole rings is 1. The van der Waals surface area contributed by atoms with Crippen LogP contribution in [0.25, 0.3) is 11.1 Å². The van der Waals surface area contributed by atoms with E-state index in [9.17, 15) is 0 Å². The summed E-state index contributed by atoms with van der Waals surface area (Å²) in [4.78, 5) is 4.19. The van der Waals surface area contributed by atoms with Crippen LogP contribution in [0.4, 0.5) is 0 Å². The highest BCUT2D eigenvalue weighted by atomic mass is 32.1. The van der Waals surface area contributed by atoms with Crippen LogP contribution in [0, 0.1) is 0 Å². The summed E-state index contributed by atoms with van der Waals surface area (Å²) in [6.45, 7) is 0. The Kier molecular flexibility index (Phi) is 1.58. The van der Waals surface area contributed by atoms with Gasteiger partial charge in [0, 0.05) is 0 Å². The van der Waals surface area contributed by atoms with Crippen LogP contribution < -0.4 is 0 Å². The van der Waals surface area contributed by atoms with Gasteiger partial charge in [0.1, 0.15) is 5.52 Å². The largest absolute Gasteiger partial charge is 0.440 e. The molecule has 2 aromatic rings. The van der Waals surface area contributed by atoms with Gasteiger partial charge in [-0.05, 0) is 12.1 Å². The number of rotatable bonds is 1. The molecule has 0 amide bonds. The average Bonchev–Trinajstić information content (AvgIpc) is 2.46. The minimum Gasteiger partial charge on any atom is -0.440 e. The number of nitrogens with zero attached hydrogens (tertiary/aromatic N) is 1. The molecule has 0 saturated carbocycles. The Hall–Kier alpha value is -0.960. The van der Waals surface area contributed by atoms with Crippen LogP contribution in [0.1, 0.15) is 5.89 Å². The van der Waals surface area contributed by atoms with Crippen molar-refractivity contribution in [2.75, 3.05) is 0 Å². The van der Waals surface area contributed by atoms with Gasteiger partial charge in [0.2, 0.25) is 5.89 Å². The van der Waals surface area contributed by atoms with Crippen molar-refractivity contribution < 1.29 is 4.42 Å². The Morgan fingerprint density at radius 3 is 2.91 bits per heavy atom. The van der Waals surface area contributed by atoms with E-state index in [0.717, 1.165) is 11.1 Å². The van der Waals surface area contributed by atoms with Crippen molar-refractivity contribution >= 4 is 23.7 Å². The minimum absolute atomic E-state index is 0.550. The SMILES string of the molecule is SCc1nc2ccccc2o1. The quantitative estimate of drug-likeness (QED) is 0.656. The van der Waals surface area contributed by atoms with Gasteiger partial charge in [-0.25, -0.2) is 4.98 Å². The third-order valence-corrected chi connectivity index (χ3v) is 1.74. The van der Waals surface area contributed by atoms with Gasteiger partial charge < -0.3 is 4.42 Å². The van der Waals surface area contributed by atoms with Crippen LogP contribution in [-0.4, -0.2) is 4.98 Å². The molecule has 0 saturated heterocycles. The molecule has 0 bridgehead atoms. The number of aromatic nitrogens is 1. The maximum atomic E-state index is 5.33. The van der Waals surface area contributed by atoms with Gasteiger partial charge in [-0.15, -0.1) is 0 Å². The van der Waals surface area contributed by atoms with Gasteiger partial charge >= 0.3 is 0 Å². The lowest BCUT2D eigenvalue weighted by molar-refractivity contribution is 0.556. The predicted octanol–water partition coefficient (Wildman–Crippen LogP) is 2.26. The fraction of sp³-hybridized carbons (Fsp3) is 0.125. The minimum atomic E-state index is 0.550. The van der Waals surface area contributed by atoms with Crippen molar-refractivity contribution in [1.29, 1.82) is 0 Å². The second-order valence-corrected chi connectivity index (χ2v) is 2.55. The van der Waals surface area contributed by atoms with E-state index in [2.05, 4.69) is 17.6 Å². The molecule has 0 N–H and O–H groups in total. The smallest absolute Gasteiger partial charge is 0.205 e. The van der Waals surface area contributed by atoms with Gasteiger partial charge in [0.05, 0.1) is 5.75 Å². The van der Waals surface area contributed by atoms with E-state index < -0.39 is 0 Å². The first kappa shape index (κ1) is 6.73. The molecule has 11 heavy (non-hydrogen) atoms. The van der Waals surface area contributed by atoms with Crippen LogP contribution in [-0.2, 0) is 5.75 Å². The van der Waals surface area contributed by atoms with Crippen LogP contribution in [0.5, 0.6) is 0 Å². The first-order valence-electron chi connectivity index (χ1n) is 3.35. The molecule has 0 aliphatic heterocycles. The topological polar surface area (TPSA) is 26.0 Å². The summed E-state index contributed by atoms with van der Waals surface area (Å²) in [6.07, 6.45) is 0. The van der Waals surface area contributed by atoms with Crippen LogP contribution in [0.3, 0.4) is 0 Å². The molecule has 0 radical (unpaired) electrons. The van der Waals surface area contributed by atoms with Crippen molar-refractivity contribution in [3.63, 3.8) is 0 Å². The summed E-state index contributed by atoms with van der Waals surface area (Å²) >= 11 is 4.06. The van der Waals surface area contributed by atoms with Crippen LogP contribution in [0.2, 0.25) is 0 Å². The number of hydrogen-bond acceptors (Lipinski definition) is 3. The Labute approximate surface area is 69.6 Å². The molecule has 0 aliphatic rings. The van der Waals surface area contributed by atoms with Crippen molar-refractivity contribution in [3.05, 3.63) is 30.2 Å². The molecule has 0 unspecified atom stereocenters. The molecule has 56 valence electrons. The molecule has 1 aromatic carbocycles. The van der Waals surface area contributed by atoms with Gasteiger partial charge in [-0.1, -0.05) is 12.1 Å². The van der Waals surface area contributed by atoms with Crippen LogP contribution >= 0.6 is 12.6 Å². The highest BCUT2D eigenvalue weighted by Crippen LogP contribution is 2.15. The molecule has 2 nitrogen and oxygen atoms in total. The zero-order valence-corrected chi connectivity index (χ0v) is 6.71. The third kappa shape index (κ3) is 1.12. The van der Waals surface area contributed by atoms with Gasteiger partial charge in [-0.3, -0.25) is 0 Å². The summed E-state index contributed by atoms with van der Waals surface area (Å²) in [6, 6.07) is 7.68. The Bertz CT molecular complexity index is 336. The third-order valence-electron chi connectivity index (χ3n) is 1.47. The average molecular weight is 165 g/mol. The molecular formula is C8H7NOS. The fourth-order valence-corrected chi connectivity index (χ4v) is 1.12. The second-order valence-electron chi connectivity index (χ2n) is 2.23. The summed E-state index contributed by atoms with van der Waals surface area (Å²) in [5.41, 5.74) is 1.73. The van der Waals surface area contributed by atoms with E-state index in [1.807, 2.05) is 24.3 Å². The normalized spacial score (nSPS) is 10.6. The molecule has 1 aromatic heterocycles. The van der Waals surface area contributed by atoms with Crippen molar-refractivity contribution in [3.8, 4) is 0 Å². The van der Waals surface area contributed by atoms with E-state index in [1.54, 1.807) is 0 Å². The summed E-state index contributed by atoms with van der Waals surface area (Å²) in [5.74, 6) is 1.23. The Morgan fingerprint density at radius 1 is 1.36 bits per heavy atom. The zero-order chi connectivity index (χ0) is 7.68. The summed E-state index contributed by atoms with van der Waals surface area (Å²) in [7, 11) is 0. The molecule has 0 atom stereocenters. The second kappa shape index (κ2) is 2.58. The molecule has 0 aliphatic carbocycles. The van der Waals surface area contributed by atoms with E-state index in [4.69, 9.17) is 4.42 Å². The fourth-order valence-electron chi connectivity index (χ4n) is 0.988. The van der Waals surface area contributed by atoms with Crippen molar-refractivity contribution in [2.45, 2.75) is 5.75 Å². The van der Waals surface area contributed by atoms with Crippen molar-refractivity contribution in [1.82, 2.24) is 4.98 Å². The van der Waals surface area contributed by atoms with Gasteiger partial charge in [0.15, 0.2) is 5.58 Å². The maximum absolute atomic E-state index is 5.33. The van der Waals surface area contributed by atoms with E-state index in [-0.39, 0.29) is 0 Å². The predicted molar refractivity (Wildman–Crippen MR) is 46.7 cm³/mol. The lowest BCUT2D eigenvalue weighted by Crippen LogP contribution is -1.72. The van der Waals surface area contributed by atoms with Gasteiger partial charge in [-0.2, -0.15) is 12.6 Å².